The van der Waals surface area contributed by atoms with Gasteiger partial charge in [-0.3, -0.25) is 9.59 Å². The van der Waals surface area contributed by atoms with Gasteiger partial charge in [0.1, 0.15) is 0 Å². The van der Waals surface area contributed by atoms with E-state index >= 15 is 0 Å². The van der Waals surface area contributed by atoms with Crippen LogP contribution in [0.2, 0.25) is 0 Å². The van der Waals surface area contributed by atoms with E-state index in [2.05, 4.69) is 19.2 Å². The molecule has 352 valence electrons. The van der Waals surface area contributed by atoms with Crippen molar-refractivity contribution in [3.63, 3.8) is 0 Å². The van der Waals surface area contributed by atoms with Crippen molar-refractivity contribution >= 4 is 11.9 Å². The average Bonchev–Trinajstić information content (AvgIpc) is 3.24. The van der Waals surface area contributed by atoms with E-state index in [-0.39, 0.29) is 18.5 Å². The van der Waals surface area contributed by atoms with E-state index in [1.807, 2.05) is 0 Å². The van der Waals surface area contributed by atoms with E-state index in [9.17, 15) is 19.8 Å². The van der Waals surface area contributed by atoms with Crippen LogP contribution in [0.4, 0.5) is 0 Å². The summed E-state index contributed by atoms with van der Waals surface area (Å²) in [5, 5.41) is 23.1. The number of aliphatic hydroxyl groups excluding tert-OH is 2. The molecule has 6 heteroatoms. The number of ether oxygens (including phenoxy) is 1. The number of aliphatic hydroxyl groups is 2. The summed E-state index contributed by atoms with van der Waals surface area (Å²) in [6.45, 7) is 4.95. The van der Waals surface area contributed by atoms with E-state index in [0.29, 0.717) is 25.9 Å². The Morgan fingerprint density at radius 1 is 0.407 bits per heavy atom. The molecule has 0 aliphatic rings. The molecule has 0 rings (SSSR count). The van der Waals surface area contributed by atoms with Crippen molar-refractivity contribution in [1.82, 2.24) is 5.32 Å². The van der Waals surface area contributed by atoms with Gasteiger partial charge < -0.3 is 20.3 Å². The molecule has 6 nitrogen and oxygen atoms in total. The number of amides is 1. The summed E-state index contributed by atoms with van der Waals surface area (Å²) < 4.78 is 5.47. The summed E-state index contributed by atoms with van der Waals surface area (Å²) in [4.78, 5) is 24.4. The summed E-state index contributed by atoms with van der Waals surface area (Å²) in [6.07, 6.45) is 55.1. The molecule has 0 aromatic rings. The van der Waals surface area contributed by atoms with Crippen LogP contribution in [-0.4, -0.2) is 47.4 Å². The summed E-state index contributed by atoms with van der Waals surface area (Å²) in [6, 6.07) is -0.541. The minimum atomic E-state index is -0.664. The Kier molecular flexibility index (Phi) is 48.6. The van der Waals surface area contributed by atoms with Gasteiger partial charge in [-0.25, -0.2) is 0 Å². The van der Waals surface area contributed by atoms with E-state index in [1.54, 1.807) is 0 Å². The number of nitrogens with one attached hydrogen (secondary N) is 1. The van der Waals surface area contributed by atoms with Crippen molar-refractivity contribution in [3.8, 4) is 0 Å². The number of unbranched alkanes of at least 4 members (excludes halogenated alkanes) is 39. The van der Waals surface area contributed by atoms with Crippen LogP contribution in [0.25, 0.3) is 0 Å². The van der Waals surface area contributed by atoms with Crippen LogP contribution in [0.1, 0.15) is 303 Å². The fourth-order valence-electron chi connectivity index (χ4n) is 8.52. The first-order valence-corrected chi connectivity index (χ1v) is 26.8. The predicted molar refractivity (Wildman–Crippen MR) is 255 cm³/mol. The van der Waals surface area contributed by atoms with Crippen molar-refractivity contribution < 1.29 is 24.5 Å². The topological polar surface area (TPSA) is 95.9 Å². The van der Waals surface area contributed by atoms with Crippen LogP contribution in [0.3, 0.4) is 0 Å². The smallest absolute Gasteiger partial charge is 0.305 e. The SMILES string of the molecule is CCCCCCCCCCCCCCCC(=O)OCCCCCCCCCCCCCCCCCCCCC(=O)NC(CO)C(O)CCCCCCCCCCCCC. The van der Waals surface area contributed by atoms with Gasteiger partial charge in [0, 0.05) is 12.8 Å². The molecule has 2 atom stereocenters. The molecular formula is C53H105NO5. The quantitative estimate of drug-likeness (QED) is 0.0419. The Bertz CT molecular complexity index is 837. The van der Waals surface area contributed by atoms with Gasteiger partial charge in [-0.15, -0.1) is 0 Å². The van der Waals surface area contributed by atoms with Crippen LogP contribution >= 0.6 is 0 Å². The maximum absolute atomic E-state index is 12.4. The molecule has 0 saturated carbocycles. The average molecular weight is 836 g/mol. The van der Waals surface area contributed by atoms with Crippen LogP contribution in [0.15, 0.2) is 0 Å². The van der Waals surface area contributed by atoms with Crippen molar-refractivity contribution in [1.29, 1.82) is 0 Å². The minimum Gasteiger partial charge on any atom is -0.466 e. The minimum absolute atomic E-state index is 0.00927. The van der Waals surface area contributed by atoms with Crippen molar-refractivity contribution in [2.75, 3.05) is 13.2 Å². The molecule has 1 amide bonds. The van der Waals surface area contributed by atoms with Crippen molar-refractivity contribution in [3.05, 3.63) is 0 Å². The number of rotatable bonds is 50. The molecule has 3 N–H and O–H groups in total. The lowest BCUT2D eigenvalue weighted by molar-refractivity contribution is -0.143. The number of hydrogen-bond acceptors (Lipinski definition) is 5. The van der Waals surface area contributed by atoms with E-state index in [4.69, 9.17) is 4.74 Å². The molecule has 0 aromatic carbocycles. The van der Waals surface area contributed by atoms with Gasteiger partial charge in [0.05, 0.1) is 25.4 Å². The third kappa shape index (κ3) is 46.2. The Labute approximate surface area is 368 Å². The number of carbonyl (C=O) groups excluding carboxylic acids is 2. The van der Waals surface area contributed by atoms with Gasteiger partial charge in [-0.1, -0.05) is 264 Å². The lowest BCUT2D eigenvalue weighted by Crippen LogP contribution is -2.45. The van der Waals surface area contributed by atoms with Crippen molar-refractivity contribution in [2.24, 2.45) is 0 Å². The molecule has 2 unspecified atom stereocenters. The van der Waals surface area contributed by atoms with Gasteiger partial charge in [-0.2, -0.15) is 0 Å². The highest BCUT2D eigenvalue weighted by atomic mass is 16.5. The van der Waals surface area contributed by atoms with E-state index in [1.165, 1.54) is 231 Å². The molecule has 0 aromatic heterocycles. The fourth-order valence-corrected chi connectivity index (χ4v) is 8.52. The highest BCUT2D eigenvalue weighted by Gasteiger charge is 2.20. The zero-order chi connectivity index (χ0) is 43.0. The highest BCUT2D eigenvalue weighted by molar-refractivity contribution is 5.76. The second-order valence-electron chi connectivity index (χ2n) is 18.6. The maximum Gasteiger partial charge on any atom is 0.305 e. The highest BCUT2D eigenvalue weighted by Crippen LogP contribution is 2.17. The monoisotopic (exact) mass is 836 g/mol. The molecular weight excluding hydrogens is 731 g/mol. The zero-order valence-corrected chi connectivity index (χ0v) is 40.0. The second-order valence-corrected chi connectivity index (χ2v) is 18.6. The van der Waals surface area contributed by atoms with Gasteiger partial charge >= 0.3 is 5.97 Å². The zero-order valence-electron chi connectivity index (χ0n) is 40.0. The molecule has 0 bridgehead atoms. The predicted octanol–water partition coefficient (Wildman–Crippen LogP) is 16.0. The molecule has 0 spiro atoms. The van der Waals surface area contributed by atoms with Gasteiger partial charge in [0.2, 0.25) is 5.91 Å². The summed E-state index contributed by atoms with van der Waals surface area (Å²) >= 11 is 0. The lowest BCUT2D eigenvalue weighted by atomic mass is 10.0. The normalized spacial score (nSPS) is 12.5. The Morgan fingerprint density at radius 3 is 1.03 bits per heavy atom. The summed E-state index contributed by atoms with van der Waals surface area (Å²) in [5.41, 5.74) is 0. The summed E-state index contributed by atoms with van der Waals surface area (Å²) in [7, 11) is 0. The second kappa shape index (κ2) is 49.5. The fraction of sp³-hybridized carbons (Fsp3) is 0.962. The summed E-state index contributed by atoms with van der Waals surface area (Å²) in [5.74, 6) is -0.0294. The van der Waals surface area contributed by atoms with Crippen molar-refractivity contribution in [2.45, 2.75) is 315 Å². The van der Waals surface area contributed by atoms with Crippen LogP contribution < -0.4 is 5.32 Å². The Balaban J connectivity index is 3.37. The standard InChI is InChI=1S/C53H105NO5/c1-3-5-7-9-11-13-15-22-27-31-35-39-43-47-53(58)59-48-44-40-36-32-28-24-21-19-17-16-18-20-23-26-30-34-38-42-46-52(57)54-50(49-55)51(56)45-41-37-33-29-25-14-12-10-8-6-4-2/h50-51,55-56H,3-49H2,1-2H3,(H,54,57). The third-order valence-corrected chi connectivity index (χ3v) is 12.7. The van der Waals surface area contributed by atoms with Crippen LogP contribution in [0, 0.1) is 0 Å². The van der Waals surface area contributed by atoms with Gasteiger partial charge in [-0.05, 0) is 25.7 Å². The van der Waals surface area contributed by atoms with E-state index < -0.39 is 12.1 Å². The van der Waals surface area contributed by atoms with E-state index in [0.717, 1.165) is 38.5 Å². The molecule has 0 saturated heterocycles. The third-order valence-electron chi connectivity index (χ3n) is 12.7. The number of esters is 1. The maximum atomic E-state index is 12.4. The lowest BCUT2D eigenvalue weighted by Gasteiger charge is -2.22. The number of hydrogen-bond donors (Lipinski definition) is 3. The van der Waals surface area contributed by atoms with Gasteiger partial charge in [0.25, 0.3) is 0 Å². The Morgan fingerprint density at radius 2 is 0.695 bits per heavy atom. The Hall–Kier alpha value is -1.14. The molecule has 0 fully saturated rings. The first kappa shape index (κ1) is 57.9. The number of carbonyl (C=O) groups is 2. The first-order valence-electron chi connectivity index (χ1n) is 26.8. The van der Waals surface area contributed by atoms with Crippen LogP contribution in [-0.2, 0) is 14.3 Å². The van der Waals surface area contributed by atoms with Crippen LogP contribution in [0.5, 0.6) is 0 Å². The molecule has 0 heterocycles. The first-order chi connectivity index (χ1) is 29.0. The van der Waals surface area contributed by atoms with Gasteiger partial charge in [0.15, 0.2) is 0 Å². The molecule has 0 radical (unpaired) electrons. The molecule has 0 aliphatic carbocycles. The molecule has 0 aliphatic heterocycles. The molecule has 59 heavy (non-hydrogen) atoms. The largest absolute Gasteiger partial charge is 0.466 e.